The highest BCUT2D eigenvalue weighted by molar-refractivity contribution is 5.99. The Bertz CT molecular complexity index is 877. The molecule has 0 bridgehead atoms. The number of hydrogen-bond donors (Lipinski definition) is 1. The summed E-state index contributed by atoms with van der Waals surface area (Å²) in [7, 11) is 0. The molecule has 0 fully saturated rings. The van der Waals surface area contributed by atoms with Crippen molar-refractivity contribution in [2.75, 3.05) is 0 Å². The molecule has 3 aromatic rings. The number of phenolic OH excluding ortho intramolecular Hbond substituents is 1. The van der Waals surface area contributed by atoms with Gasteiger partial charge in [-0.05, 0) is 46.7 Å². The summed E-state index contributed by atoms with van der Waals surface area (Å²) >= 11 is 0. The number of fused-ring (bicyclic) bond motifs is 1. The predicted octanol–water partition coefficient (Wildman–Crippen LogP) is 4.97. The summed E-state index contributed by atoms with van der Waals surface area (Å²) in [5.74, 6) is 0.764. The average molecular weight is 314 g/mol. The molecule has 1 unspecified atom stereocenters. The zero-order valence-electron chi connectivity index (χ0n) is 13.3. The molecule has 1 N–H and O–H groups in total. The highest BCUT2D eigenvalue weighted by atomic mass is 16.3. The van der Waals surface area contributed by atoms with E-state index in [4.69, 9.17) is 0 Å². The standard InChI is InChI=1S/C22H18O2/c23-20-11-9-16(10-12-20)15-5-7-17(8-6-15)19-13-18-3-1-2-4-21(18)22(24)14-19/h1-12,19,23H,13-14H2. The molecule has 2 nitrogen and oxygen atoms in total. The Kier molecular flexibility index (Phi) is 3.66. The van der Waals surface area contributed by atoms with Crippen molar-refractivity contribution in [1.82, 2.24) is 0 Å². The van der Waals surface area contributed by atoms with E-state index in [-0.39, 0.29) is 17.5 Å². The predicted molar refractivity (Wildman–Crippen MR) is 95.4 cm³/mol. The van der Waals surface area contributed by atoms with Crippen LogP contribution in [0.1, 0.15) is 33.8 Å². The summed E-state index contributed by atoms with van der Waals surface area (Å²) in [6.07, 6.45) is 1.50. The summed E-state index contributed by atoms with van der Waals surface area (Å²) in [5.41, 5.74) is 5.43. The van der Waals surface area contributed by atoms with Crippen molar-refractivity contribution in [1.29, 1.82) is 0 Å². The van der Waals surface area contributed by atoms with Crippen LogP contribution < -0.4 is 0 Å². The van der Waals surface area contributed by atoms with Gasteiger partial charge < -0.3 is 5.11 Å². The van der Waals surface area contributed by atoms with Crippen LogP contribution in [0.25, 0.3) is 11.1 Å². The minimum absolute atomic E-state index is 0.240. The number of hydrogen-bond acceptors (Lipinski definition) is 2. The van der Waals surface area contributed by atoms with Gasteiger partial charge in [0.1, 0.15) is 5.75 Å². The molecule has 0 amide bonds. The Balaban J connectivity index is 1.60. The third kappa shape index (κ3) is 2.71. The van der Waals surface area contributed by atoms with Gasteiger partial charge in [-0.3, -0.25) is 4.79 Å². The first kappa shape index (κ1) is 14.7. The van der Waals surface area contributed by atoms with E-state index in [0.29, 0.717) is 6.42 Å². The van der Waals surface area contributed by atoms with E-state index >= 15 is 0 Å². The highest BCUT2D eigenvalue weighted by Crippen LogP contribution is 2.33. The molecule has 1 atom stereocenters. The van der Waals surface area contributed by atoms with Gasteiger partial charge in [0, 0.05) is 12.0 Å². The molecule has 24 heavy (non-hydrogen) atoms. The molecule has 2 heteroatoms. The molecule has 118 valence electrons. The van der Waals surface area contributed by atoms with Gasteiger partial charge in [0.25, 0.3) is 0 Å². The van der Waals surface area contributed by atoms with Gasteiger partial charge in [0.15, 0.2) is 5.78 Å². The van der Waals surface area contributed by atoms with Crippen molar-refractivity contribution in [2.45, 2.75) is 18.8 Å². The first-order chi connectivity index (χ1) is 11.7. The van der Waals surface area contributed by atoms with Crippen molar-refractivity contribution < 1.29 is 9.90 Å². The Labute approximate surface area is 141 Å². The van der Waals surface area contributed by atoms with Crippen molar-refractivity contribution in [2.24, 2.45) is 0 Å². The fourth-order valence-corrected chi connectivity index (χ4v) is 3.48. The van der Waals surface area contributed by atoms with Gasteiger partial charge in [0.05, 0.1) is 0 Å². The second kappa shape index (κ2) is 5.97. The zero-order valence-corrected chi connectivity index (χ0v) is 13.3. The molecule has 4 rings (SSSR count). The Morgan fingerprint density at radius 3 is 2.08 bits per heavy atom. The number of Topliss-reactive ketones (excluding diaryl/α,β-unsaturated/α-hetero) is 1. The fourth-order valence-electron chi connectivity index (χ4n) is 3.48. The van der Waals surface area contributed by atoms with Crippen molar-refractivity contribution in [3.63, 3.8) is 0 Å². The Morgan fingerprint density at radius 2 is 1.38 bits per heavy atom. The second-order valence-corrected chi connectivity index (χ2v) is 6.35. The lowest BCUT2D eigenvalue weighted by molar-refractivity contribution is 0.0964. The number of ketones is 1. The molecule has 0 aliphatic heterocycles. The Hall–Kier alpha value is -2.87. The van der Waals surface area contributed by atoms with Crippen LogP contribution in [0.2, 0.25) is 0 Å². The van der Waals surface area contributed by atoms with Gasteiger partial charge >= 0.3 is 0 Å². The van der Waals surface area contributed by atoms with Crippen molar-refractivity contribution >= 4 is 5.78 Å². The van der Waals surface area contributed by atoms with Crippen molar-refractivity contribution in [3.05, 3.63) is 89.5 Å². The molecular weight excluding hydrogens is 296 g/mol. The molecule has 0 saturated heterocycles. The molecule has 0 spiro atoms. The van der Waals surface area contributed by atoms with E-state index in [1.54, 1.807) is 12.1 Å². The van der Waals surface area contributed by atoms with Crippen LogP contribution in [-0.4, -0.2) is 10.9 Å². The summed E-state index contributed by atoms with van der Waals surface area (Å²) in [5, 5.41) is 9.39. The molecule has 1 aliphatic carbocycles. The van der Waals surface area contributed by atoms with Crippen LogP contribution >= 0.6 is 0 Å². The molecule has 1 aliphatic rings. The smallest absolute Gasteiger partial charge is 0.163 e. The second-order valence-electron chi connectivity index (χ2n) is 6.35. The molecule has 3 aromatic carbocycles. The summed E-state index contributed by atoms with van der Waals surface area (Å²) in [4.78, 5) is 12.4. The van der Waals surface area contributed by atoms with Gasteiger partial charge in [-0.25, -0.2) is 0 Å². The van der Waals surface area contributed by atoms with Gasteiger partial charge in [-0.1, -0.05) is 60.7 Å². The largest absolute Gasteiger partial charge is 0.508 e. The lowest BCUT2D eigenvalue weighted by Crippen LogP contribution is -2.18. The van der Waals surface area contributed by atoms with E-state index < -0.39 is 0 Å². The van der Waals surface area contributed by atoms with E-state index in [1.807, 2.05) is 30.3 Å². The van der Waals surface area contributed by atoms with Gasteiger partial charge in [0.2, 0.25) is 0 Å². The first-order valence-corrected chi connectivity index (χ1v) is 8.21. The Morgan fingerprint density at radius 1 is 0.750 bits per heavy atom. The summed E-state index contributed by atoms with van der Waals surface area (Å²) < 4.78 is 0. The van der Waals surface area contributed by atoms with Gasteiger partial charge in [-0.15, -0.1) is 0 Å². The van der Waals surface area contributed by atoms with E-state index in [0.717, 1.165) is 28.7 Å². The molecule has 0 aromatic heterocycles. The minimum Gasteiger partial charge on any atom is -0.508 e. The number of carbonyl (C=O) groups excluding carboxylic acids is 1. The van der Waals surface area contributed by atoms with E-state index in [2.05, 4.69) is 30.3 Å². The molecule has 0 heterocycles. The lowest BCUT2D eigenvalue weighted by atomic mass is 9.79. The fraction of sp³-hybridized carbons (Fsp3) is 0.136. The first-order valence-electron chi connectivity index (χ1n) is 8.21. The summed E-state index contributed by atoms with van der Waals surface area (Å²) in [6.45, 7) is 0. The van der Waals surface area contributed by atoms with E-state index in [1.165, 1.54) is 5.56 Å². The monoisotopic (exact) mass is 314 g/mol. The van der Waals surface area contributed by atoms with Crippen LogP contribution in [-0.2, 0) is 6.42 Å². The number of phenols is 1. The molecule has 0 radical (unpaired) electrons. The average Bonchev–Trinajstić information content (AvgIpc) is 2.62. The number of carbonyl (C=O) groups is 1. The topological polar surface area (TPSA) is 37.3 Å². The van der Waals surface area contributed by atoms with Gasteiger partial charge in [-0.2, -0.15) is 0 Å². The number of benzene rings is 3. The number of aromatic hydroxyl groups is 1. The summed E-state index contributed by atoms with van der Waals surface area (Å²) in [6, 6.07) is 23.6. The van der Waals surface area contributed by atoms with Crippen LogP contribution in [0.3, 0.4) is 0 Å². The normalized spacial score (nSPS) is 16.7. The number of rotatable bonds is 2. The minimum atomic E-state index is 0.240. The molecular formula is C22H18O2. The highest BCUT2D eigenvalue weighted by Gasteiger charge is 2.25. The third-order valence-electron chi connectivity index (χ3n) is 4.80. The maximum absolute atomic E-state index is 12.4. The van der Waals surface area contributed by atoms with Crippen LogP contribution in [0.15, 0.2) is 72.8 Å². The van der Waals surface area contributed by atoms with E-state index in [9.17, 15) is 9.90 Å². The maximum Gasteiger partial charge on any atom is 0.163 e. The SMILES string of the molecule is O=C1CC(c2ccc(-c3ccc(O)cc3)cc2)Cc2ccccc21. The molecule has 0 saturated carbocycles. The maximum atomic E-state index is 12.4. The van der Waals surface area contributed by atoms with Crippen molar-refractivity contribution in [3.8, 4) is 16.9 Å². The zero-order chi connectivity index (χ0) is 16.5. The third-order valence-corrected chi connectivity index (χ3v) is 4.80. The lowest BCUT2D eigenvalue weighted by Gasteiger charge is -2.24. The quantitative estimate of drug-likeness (QED) is 0.725. The van der Waals surface area contributed by atoms with Crippen LogP contribution in [0.5, 0.6) is 5.75 Å². The van der Waals surface area contributed by atoms with Crippen LogP contribution in [0.4, 0.5) is 0 Å². The van der Waals surface area contributed by atoms with Crippen LogP contribution in [0, 0.1) is 0 Å².